The minimum Gasteiger partial charge on any atom is -0.299 e. The molecular formula is C10H14O. The number of carbonyl (C=O) groups excluding carboxylic acids is 1. The van der Waals surface area contributed by atoms with Gasteiger partial charge in [-0.25, -0.2) is 0 Å². The zero-order valence-electron chi connectivity index (χ0n) is 6.75. The molecule has 4 fully saturated rings. The van der Waals surface area contributed by atoms with Crippen molar-refractivity contribution in [3.63, 3.8) is 0 Å². The molecule has 0 aromatic carbocycles. The van der Waals surface area contributed by atoms with Crippen molar-refractivity contribution in [3.8, 4) is 0 Å². The fourth-order valence-corrected chi connectivity index (χ4v) is 3.58. The summed E-state index contributed by atoms with van der Waals surface area (Å²) >= 11 is 0. The third-order valence-electron chi connectivity index (χ3n) is 4.20. The molecule has 0 spiro atoms. The lowest BCUT2D eigenvalue weighted by Crippen LogP contribution is -2.52. The molecule has 2 unspecified atom stereocenters. The Bertz CT molecular complexity index is 199. The van der Waals surface area contributed by atoms with Crippen LogP contribution in [0.1, 0.15) is 32.1 Å². The Morgan fingerprint density at radius 3 is 2.09 bits per heavy atom. The standard InChI is InChI=1S/C10H14O/c11-9-5-8-6-1-3-7(4-2-6)10(8)9/h6-8,10H,1-5H2. The van der Waals surface area contributed by atoms with Crippen LogP contribution in [0, 0.1) is 23.7 Å². The average molecular weight is 150 g/mol. The summed E-state index contributed by atoms with van der Waals surface area (Å²) in [6.07, 6.45) is 6.51. The van der Waals surface area contributed by atoms with E-state index in [1.807, 2.05) is 0 Å². The molecule has 2 atom stereocenters. The molecule has 0 aromatic heterocycles. The van der Waals surface area contributed by atoms with Gasteiger partial charge in [0.1, 0.15) is 5.78 Å². The van der Waals surface area contributed by atoms with Gasteiger partial charge in [-0.05, 0) is 43.4 Å². The van der Waals surface area contributed by atoms with Gasteiger partial charge < -0.3 is 0 Å². The van der Waals surface area contributed by atoms with E-state index in [4.69, 9.17) is 0 Å². The molecule has 0 N–H and O–H groups in total. The molecule has 0 radical (unpaired) electrons. The zero-order chi connectivity index (χ0) is 7.42. The fourth-order valence-electron chi connectivity index (χ4n) is 3.58. The van der Waals surface area contributed by atoms with Gasteiger partial charge in [0.05, 0.1) is 0 Å². The first kappa shape index (κ1) is 6.22. The average Bonchev–Trinajstić information content (AvgIpc) is 2.03. The van der Waals surface area contributed by atoms with E-state index in [-0.39, 0.29) is 0 Å². The van der Waals surface area contributed by atoms with Crippen molar-refractivity contribution in [2.45, 2.75) is 32.1 Å². The molecule has 0 saturated heterocycles. The van der Waals surface area contributed by atoms with E-state index >= 15 is 0 Å². The second kappa shape index (κ2) is 1.88. The summed E-state index contributed by atoms with van der Waals surface area (Å²) < 4.78 is 0. The first-order chi connectivity index (χ1) is 5.36. The van der Waals surface area contributed by atoms with Gasteiger partial charge in [0.15, 0.2) is 0 Å². The van der Waals surface area contributed by atoms with Gasteiger partial charge in [-0.1, -0.05) is 0 Å². The number of rotatable bonds is 0. The number of fused-ring (bicyclic) bond motifs is 2. The minimum atomic E-state index is 0.544. The summed E-state index contributed by atoms with van der Waals surface area (Å²) in [6, 6.07) is 0. The summed E-state index contributed by atoms with van der Waals surface area (Å²) in [5, 5.41) is 0. The van der Waals surface area contributed by atoms with Gasteiger partial charge in [0.2, 0.25) is 0 Å². The van der Waals surface area contributed by atoms with Gasteiger partial charge in [0.25, 0.3) is 0 Å². The van der Waals surface area contributed by atoms with Crippen LogP contribution in [0.3, 0.4) is 0 Å². The first-order valence-corrected chi connectivity index (χ1v) is 4.89. The van der Waals surface area contributed by atoms with Crippen LogP contribution in [-0.4, -0.2) is 5.78 Å². The smallest absolute Gasteiger partial charge is 0.136 e. The van der Waals surface area contributed by atoms with Crippen molar-refractivity contribution < 1.29 is 4.79 Å². The van der Waals surface area contributed by atoms with Crippen LogP contribution in [0.5, 0.6) is 0 Å². The summed E-state index contributed by atoms with van der Waals surface area (Å²) in [5.74, 6) is 3.73. The van der Waals surface area contributed by atoms with Gasteiger partial charge in [-0.2, -0.15) is 0 Å². The molecule has 1 heteroatoms. The topological polar surface area (TPSA) is 17.1 Å². The van der Waals surface area contributed by atoms with Crippen molar-refractivity contribution in [1.82, 2.24) is 0 Å². The molecule has 4 aliphatic rings. The second-order valence-corrected chi connectivity index (χ2v) is 4.53. The Balaban J connectivity index is 1.91. The summed E-state index contributed by atoms with van der Waals surface area (Å²) in [6.45, 7) is 0. The Hall–Kier alpha value is -0.330. The normalized spacial score (nSPS) is 53.6. The number of Topliss-reactive ketones (excluding diaryl/α,β-unsaturated/α-hetero) is 1. The van der Waals surface area contributed by atoms with Gasteiger partial charge in [-0.3, -0.25) is 4.79 Å². The maximum atomic E-state index is 11.3. The molecule has 4 saturated carbocycles. The van der Waals surface area contributed by atoms with Crippen molar-refractivity contribution in [3.05, 3.63) is 0 Å². The molecular weight excluding hydrogens is 136 g/mol. The van der Waals surface area contributed by atoms with E-state index in [1.165, 1.54) is 25.7 Å². The SMILES string of the molecule is O=C1CC2C3CCC(CC3)C12. The highest BCUT2D eigenvalue weighted by Crippen LogP contribution is 2.55. The second-order valence-electron chi connectivity index (χ2n) is 4.53. The van der Waals surface area contributed by atoms with Crippen LogP contribution in [-0.2, 0) is 4.79 Å². The molecule has 1 nitrogen and oxygen atoms in total. The summed E-state index contributed by atoms with van der Waals surface area (Å²) in [4.78, 5) is 11.3. The van der Waals surface area contributed by atoms with Crippen LogP contribution in [0.2, 0.25) is 0 Å². The van der Waals surface area contributed by atoms with E-state index in [0.29, 0.717) is 11.7 Å². The Morgan fingerprint density at radius 2 is 1.64 bits per heavy atom. The van der Waals surface area contributed by atoms with Crippen molar-refractivity contribution >= 4 is 5.78 Å². The van der Waals surface area contributed by atoms with E-state index < -0.39 is 0 Å². The predicted octanol–water partition coefficient (Wildman–Crippen LogP) is 2.01. The van der Waals surface area contributed by atoms with Gasteiger partial charge in [-0.15, -0.1) is 0 Å². The first-order valence-electron chi connectivity index (χ1n) is 4.89. The monoisotopic (exact) mass is 150 g/mol. The molecule has 2 bridgehead atoms. The lowest BCUT2D eigenvalue weighted by Gasteiger charge is -2.53. The molecule has 0 amide bonds. The lowest BCUT2D eigenvalue weighted by molar-refractivity contribution is -0.149. The maximum Gasteiger partial charge on any atom is 0.136 e. The van der Waals surface area contributed by atoms with E-state index in [9.17, 15) is 4.79 Å². The molecule has 0 aliphatic heterocycles. The Morgan fingerprint density at radius 1 is 1.00 bits per heavy atom. The van der Waals surface area contributed by atoms with Crippen molar-refractivity contribution in [2.75, 3.05) is 0 Å². The lowest BCUT2D eigenvalue weighted by atomic mass is 9.50. The van der Waals surface area contributed by atoms with Gasteiger partial charge in [0, 0.05) is 12.3 Å². The van der Waals surface area contributed by atoms with E-state index in [0.717, 1.165) is 24.2 Å². The molecule has 0 heterocycles. The zero-order valence-corrected chi connectivity index (χ0v) is 6.75. The number of hydrogen-bond acceptors (Lipinski definition) is 1. The third-order valence-corrected chi connectivity index (χ3v) is 4.20. The van der Waals surface area contributed by atoms with E-state index in [2.05, 4.69) is 0 Å². The molecule has 60 valence electrons. The minimum absolute atomic E-state index is 0.544. The number of ketones is 1. The molecule has 4 aliphatic carbocycles. The van der Waals surface area contributed by atoms with Gasteiger partial charge >= 0.3 is 0 Å². The Labute approximate surface area is 67.2 Å². The van der Waals surface area contributed by atoms with Crippen molar-refractivity contribution in [2.24, 2.45) is 23.7 Å². The quantitative estimate of drug-likeness (QED) is 0.516. The Kier molecular flexibility index (Phi) is 1.06. The number of hydrogen-bond donors (Lipinski definition) is 0. The summed E-state index contributed by atoms with van der Waals surface area (Å²) in [5.41, 5.74) is 0. The molecule has 0 aromatic rings. The fraction of sp³-hybridized carbons (Fsp3) is 0.900. The van der Waals surface area contributed by atoms with Crippen LogP contribution in [0.25, 0.3) is 0 Å². The number of carbonyl (C=O) groups is 1. The van der Waals surface area contributed by atoms with Crippen LogP contribution >= 0.6 is 0 Å². The molecule has 11 heavy (non-hydrogen) atoms. The largest absolute Gasteiger partial charge is 0.299 e. The molecule has 4 rings (SSSR count). The highest BCUT2D eigenvalue weighted by molar-refractivity contribution is 5.88. The highest BCUT2D eigenvalue weighted by atomic mass is 16.1. The van der Waals surface area contributed by atoms with E-state index in [1.54, 1.807) is 0 Å². The third kappa shape index (κ3) is 0.646. The highest BCUT2D eigenvalue weighted by Gasteiger charge is 2.53. The van der Waals surface area contributed by atoms with Crippen LogP contribution in [0.4, 0.5) is 0 Å². The summed E-state index contributed by atoms with van der Waals surface area (Å²) in [7, 11) is 0. The van der Waals surface area contributed by atoms with Crippen molar-refractivity contribution in [1.29, 1.82) is 0 Å². The van der Waals surface area contributed by atoms with Crippen LogP contribution in [0.15, 0.2) is 0 Å². The predicted molar refractivity (Wildman–Crippen MR) is 42.1 cm³/mol. The van der Waals surface area contributed by atoms with Crippen LogP contribution < -0.4 is 0 Å². The maximum absolute atomic E-state index is 11.3.